The summed E-state index contributed by atoms with van der Waals surface area (Å²) in [5.74, 6) is -0.727. The summed E-state index contributed by atoms with van der Waals surface area (Å²) in [5, 5.41) is 9.60. The molecule has 1 aromatic rings. The van der Waals surface area contributed by atoms with E-state index in [0.717, 1.165) is 30.4 Å². The Labute approximate surface area is 102 Å². The van der Waals surface area contributed by atoms with E-state index in [1.54, 1.807) is 0 Å². The van der Waals surface area contributed by atoms with E-state index >= 15 is 0 Å². The van der Waals surface area contributed by atoms with Gasteiger partial charge in [-0.2, -0.15) is 0 Å². The number of nitrogens with two attached hydrogens (primary N) is 1. The van der Waals surface area contributed by atoms with Crippen molar-refractivity contribution in [3.63, 3.8) is 0 Å². The molecule has 0 spiro atoms. The molecule has 0 unspecified atom stereocenters. The quantitative estimate of drug-likeness (QED) is 0.772. The third-order valence-corrected chi connectivity index (χ3v) is 3.96. The van der Waals surface area contributed by atoms with Gasteiger partial charge in [0.2, 0.25) is 0 Å². The molecule has 0 atom stereocenters. The predicted octanol–water partition coefficient (Wildman–Crippen LogP) is 2.86. The fourth-order valence-electron chi connectivity index (χ4n) is 2.85. The van der Waals surface area contributed by atoms with Gasteiger partial charge in [-0.3, -0.25) is 4.79 Å². The smallest absolute Gasteiger partial charge is 0.314 e. The maximum absolute atomic E-state index is 11.7. The molecule has 17 heavy (non-hydrogen) atoms. The molecule has 0 radical (unpaired) electrons. The van der Waals surface area contributed by atoms with Gasteiger partial charge >= 0.3 is 5.97 Å². The van der Waals surface area contributed by atoms with Crippen molar-refractivity contribution in [2.24, 2.45) is 0 Å². The number of benzene rings is 1. The number of carboxylic acid groups (broad SMARTS) is 1. The molecule has 0 aromatic heterocycles. The van der Waals surface area contributed by atoms with Gasteiger partial charge in [0, 0.05) is 5.69 Å². The minimum Gasteiger partial charge on any atom is -0.481 e. The number of hydrogen-bond acceptors (Lipinski definition) is 2. The van der Waals surface area contributed by atoms with Gasteiger partial charge in [-0.15, -0.1) is 0 Å². The number of nitrogen functional groups attached to an aromatic ring is 1. The molecular weight excluding hydrogens is 214 g/mol. The largest absolute Gasteiger partial charge is 0.481 e. The Morgan fingerprint density at radius 1 is 1.29 bits per heavy atom. The van der Waals surface area contributed by atoms with Crippen LogP contribution in [0.3, 0.4) is 0 Å². The molecule has 0 saturated heterocycles. The Kier molecular flexibility index (Phi) is 3.09. The van der Waals surface area contributed by atoms with Gasteiger partial charge in [0.25, 0.3) is 0 Å². The number of carboxylic acids is 1. The van der Waals surface area contributed by atoms with Crippen LogP contribution in [0.4, 0.5) is 5.69 Å². The van der Waals surface area contributed by atoms with Gasteiger partial charge in [-0.25, -0.2) is 0 Å². The summed E-state index contributed by atoms with van der Waals surface area (Å²) in [6.45, 7) is 1.93. The van der Waals surface area contributed by atoms with Crippen LogP contribution in [-0.4, -0.2) is 11.1 Å². The SMILES string of the molecule is Cc1cccc(C2(C(=O)O)CCCCC2)c1N. The second-order valence-corrected chi connectivity index (χ2v) is 4.98. The molecule has 0 heterocycles. The van der Waals surface area contributed by atoms with Crippen LogP contribution in [-0.2, 0) is 10.2 Å². The van der Waals surface area contributed by atoms with Crippen LogP contribution in [0.5, 0.6) is 0 Å². The molecule has 92 valence electrons. The number of aliphatic carboxylic acids is 1. The minimum absolute atomic E-state index is 0.650. The van der Waals surface area contributed by atoms with E-state index in [0.29, 0.717) is 18.5 Å². The Morgan fingerprint density at radius 2 is 1.94 bits per heavy atom. The highest BCUT2D eigenvalue weighted by Gasteiger charge is 2.42. The fraction of sp³-hybridized carbons (Fsp3) is 0.500. The van der Waals surface area contributed by atoms with Gasteiger partial charge in [-0.1, -0.05) is 37.5 Å². The molecule has 0 amide bonds. The molecular formula is C14H19NO2. The molecule has 3 nitrogen and oxygen atoms in total. The van der Waals surface area contributed by atoms with E-state index in [-0.39, 0.29) is 0 Å². The zero-order valence-corrected chi connectivity index (χ0v) is 10.2. The van der Waals surface area contributed by atoms with Crippen molar-refractivity contribution in [3.05, 3.63) is 29.3 Å². The zero-order valence-electron chi connectivity index (χ0n) is 10.2. The molecule has 3 N–H and O–H groups in total. The first-order chi connectivity index (χ1) is 8.08. The highest BCUT2D eigenvalue weighted by Crippen LogP contribution is 2.42. The highest BCUT2D eigenvalue weighted by atomic mass is 16.4. The lowest BCUT2D eigenvalue weighted by Gasteiger charge is -2.34. The van der Waals surface area contributed by atoms with Crippen molar-refractivity contribution < 1.29 is 9.90 Å². The van der Waals surface area contributed by atoms with Crippen LogP contribution < -0.4 is 5.73 Å². The Hall–Kier alpha value is -1.51. The molecule has 1 saturated carbocycles. The van der Waals surface area contributed by atoms with Crippen molar-refractivity contribution >= 4 is 11.7 Å². The van der Waals surface area contributed by atoms with Gasteiger partial charge in [0.15, 0.2) is 0 Å². The van der Waals surface area contributed by atoms with Gasteiger partial charge in [0.05, 0.1) is 5.41 Å². The fourth-order valence-corrected chi connectivity index (χ4v) is 2.85. The van der Waals surface area contributed by atoms with Crippen molar-refractivity contribution in [1.29, 1.82) is 0 Å². The maximum atomic E-state index is 11.7. The second kappa shape index (κ2) is 4.40. The first-order valence-corrected chi connectivity index (χ1v) is 6.17. The summed E-state index contributed by atoms with van der Waals surface area (Å²) in [7, 11) is 0. The normalized spacial score (nSPS) is 18.9. The van der Waals surface area contributed by atoms with E-state index in [1.165, 1.54) is 0 Å². The Morgan fingerprint density at radius 3 is 2.53 bits per heavy atom. The summed E-state index contributed by atoms with van der Waals surface area (Å²) in [6.07, 6.45) is 4.48. The predicted molar refractivity (Wildman–Crippen MR) is 68.0 cm³/mol. The average molecular weight is 233 g/mol. The van der Waals surface area contributed by atoms with Crippen LogP contribution in [0.15, 0.2) is 18.2 Å². The second-order valence-electron chi connectivity index (χ2n) is 4.98. The van der Waals surface area contributed by atoms with Crippen LogP contribution in [0.1, 0.15) is 43.2 Å². The summed E-state index contributed by atoms with van der Waals surface area (Å²) in [4.78, 5) is 11.7. The summed E-state index contributed by atoms with van der Waals surface area (Å²) in [5.41, 5.74) is 7.74. The van der Waals surface area contributed by atoms with Gasteiger partial charge in [-0.05, 0) is 30.9 Å². The van der Waals surface area contributed by atoms with E-state index in [9.17, 15) is 9.90 Å². The van der Waals surface area contributed by atoms with Crippen molar-refractivity contribution in [1.82, 2.24) is 0 Å². The zero-order chi connectivity index (χ0) is 12.5. The molecule has 1 fully saturated rings. The van der Waals surface area contributed by atoms with E-state index in [4.69, 9.17) is 5.73 Å². The number of carbonyl (C=O) groups is 1. The maximum Gasteiger partial charge on any atom is 0.314 e. The molecule has 1 aliphatic rings. The molecule has 1 aromatic carbocycles. The van der Waals surface area contributed by atoms with Crippen LogP contribution in [0.25, 0.3) is 0 Å². The van der Waals surface area contributed by atoms with E-state index in [2.05, 4.69) is 0 Å². The standard InChI is InChI=1S/C14H19NO2/c1-10-6-5-7-11(12(10)15)14(13(16)17)8-3-2-4-9-14/h5-7H,2-4,8-9,15H2,1H3,(H,16,17). The molecule has 0 bridgehead atoms. The summed E-state index contributed by atoms with van der Waals surface area (Å²) < 4.78 is 0. The number of hydrogen-bond donors (Lipinski definition) is 2. The van der Waals surface area contributed by atoms with Crippen molar-refractivity contribution in [2.75, 3.05) is 5.73 Å². The molecule has 0 aliphatic heterocycles. The van der Waals surface area contributed by atoms with E-state index in [1.807, 2.05) is 25.1 Å². The van der Waals surface area contributed by atoms with Crippen LogP contribution in [0, 0.1) is 6.92 Å². The van der Waals surface area contributed by atoms with Crippen molar-refractivity contribution in [3.8, 4) is 0 Å². The molecule has 2 rings (SSSR count). The van der Waals surface area contributed by atoms with Crippen LogP contribution in [0.2, 0.25) is 0 Å². The van der Waals surface area contributed by atoms with Crippen molar-refractivity contribution in [2.45, 2.75) is 44.4 Å². The average Bonchev–Trinajstić information content (AvgIpc) is 2.33. The lowest BCUT2D eigenvalue weighted by atomic mass is 9.68. The number of rotatable bonds is 2. The lowest BCUT2D eigenvalue weighted by molar-refractivity contribution is -0.145. The molecule has 1 aliphatic carbocycles. The first kappa shape index (κ1) is 12.0. The summed E-state index contributed by atoms with van der Waals surface area (Å²) in [6, 6.07) is 5.71. The Bertz CT molecular complexity index is 434. The third kappa shape index (κ3) is 1.90. The van der Waals surface area contributed by atoms with Gasteiger partial charge < -0.3 is 10.8 Å². The minimum atomic E-state index is -0.756. The first-order valence-electron chi connectivity index (χ1n) is 6.17. The van der Waals surface area contributed by atoms with Crippen LogP contribution >= 0.6 is 0 Å². The van der Waals surface area contributed by atoms with E-state index < -0.39 is 11.4 Å². The third-order valence-electron chi connectivity index (χ3n) is 3.96. The highest BCUT2D eigenvalue weighted by molar-refractivity contribution is 5.84. The topological polar surface area (TPSA) is 63.3 Å². The van der Waals surface area contributed by atoms with Gasteiger partial charge in [0.1, 0.15) is 0 Å². The lowest BCUT2D eigenvalue weighted by Crippen LogP contribution is -2.38. The molecule has 3 heteroatoms. The monoisotopic (exact) mass is 233 g/mol. The Balaban J connectivity index is 2.53. The summed E-state index contributed by atoms with van der Waals surface area (Å²) >= 11 is 0. The number of anilines is 1. The number of para-hydroxylation sites is 1. The number of aryl methyl sites for hydroxylation is 1.